The van der Waals surface area contributed by atoms with Crippen molar-refractivity contribution < 1.29 is 9.53 Å². The van der Waals surface area contributed by atoms with Crippen LogP contribution in [0.5, 0.6) is 5.75 Å². The number of amides is 1. The number of carbonyl (C=O) groups excluding carboxylic acids is 1. The summed E-state index contributed by atoms with van der Waals surface area (Å²) in [7, 11) is 1.56. The first kappa shape index (κ1) is 12.3. The highest BCUT2D eigenvalue weighted by atomic mass is 16.5. The Kier molecular flexibility index (Phi) is 2.91. The van der Waals surface area contributed by atoms with Gasteiger partial charge in [0.1, 0.15) is 5.75 Å². The Balaban J connectivity index is 2.28. The van der Waals surface area contributed by atoms with Gasteiger partial charge in [0.15, 0.2) is 0 Å². The lowest BCUT2D eigenvalue weighted by Gasteiger charge is -2.10. The van der Waals surface area contributed by atoms with Crippen LogP contribution in [0.4, 0.5) is 0 Å². The van der Waals surface area contributed by atoms with Crippen molar-refractivity contribution in [2.75, 3.05) is 7.11 Å². The molecule has 3 rings (SSSR count). The number of fused-ring (bicyclic) bond motifs is 1. The van der Waals surface area contributed by atoms with Crippen molar-refractivity contribution in [3.8, 4) is 16.9 Å². The summed E-state index contributed by atoms with van der Waals surface area (Å²) in [6.45, 7) is 0. The van der Waals surface area contributed by atoms with Crippen molar-refractivity contribution >= 4 is 16.8 Å². The number of rotatable bonds is 3. The van der Waals surface area contributed by atoms with E-state index in [2.05, 4.69) is 4.98 Å². The molecule has 3 aromatic rings. The van der Waals surface area contributed by atoms with Crippen LogP contribution in [0.1, 0.15) is 10.4 Å². The fraction of sp³-hybridized carbons (Fsp3) is 0.0625. The summed E-state index contributed by atoms with van der Waals surface area (Å²) in [6.07, 6.45) is 1.88. The highest BCUT2D eigenvalue weighted by molar-refractivity contribution is 6.05. The molecular weight excluding hydrogens is 252 g/mol. The summed E-state index contributed by atoms with van der Waals surface area (Å²) < 4.78 is 5.15. The summed E-state index contributed by atoms with van der Waals surface area (Å²) in [5, 5.41) is 1.06. The number of primary amides is 1. The van der Waals surface area contributed by atoms with Crippen LogP contribution in [0.25, 0.3) is 22.0 Å². The molecule has 0 unspecified atom stereocenters. The Labute approximate surface area is 116 Å². The first-order chi connectivity index (χ1) is 9.70. The molecule has 1 aromatic heterocycles. The maximum absolute atomic E-state index is 11.7. The maximum Gasteiger partial charge on any atom is 0.249 e. The van der Waals surface area contributed by atoms with Gasteiger partial charge in [-0.25, -0.2) is 0 Å². The van der Waals surface area contributed by atoms with E-state index in [1.165, 1.54) is 0 Å². The van der Waals surface area contributed by atoms with E-state index in [1.54, 1.807) is 13.2 Å². The molecule has 0 aliphatic rings. The normalized spacial score (nSPS) is 10.7. The second-order valence-electron chi connectivity index (χ2n) is 4.52. The molecule has 0 fully saturated rings. The Hall–Kier alpha value is -2.75. The van der Waals surface area contributed by atoms with Crippen LogP contribution in [0.2, 0.25) is 0 Å². The second-order valence-corrected chi connectivity index (χ2v) is 4.52. The third kappa shape index (κ3) is 1.91. The molecule has 4 nitrogen and oxygen atoms in total. The van der Waals surface area contributed by atoms with Gasteiger partial charge in [-0.2, -0.15) is 0 Å². The Morgan fingerprint density at radius 2 is 2.00 bits per heavy atom. The lowest BCUT2D eigenvalue weighted by atomic mass is 9.96. The molecular formula is C16H14N2O2. The predicted octanol–water partition coefficient (Wildman–Crippen LogP) is 2.94. The minimum absolute atomic E-state index is 0.457. The topological polar surface area (TPSA) is 68.1 Å². The molecule has 0 saturated carbocycles. The summed E-state index contributed by atoms with van der Waals surface area (Å²) in [6, 6.07) is 13.3. The van der Waals surface area contributed by atoms with E-state index in [9.17, 15) is 4.79 Å². The molecule has 4 heteroatoms. The average Bonchev–Trinajstić information content (AvgIpc) is 2.95. The summed E-state index contributed by atoms with van der Waals surface area (Å²) in [5.41, 5.74) is 8.75. The van der Waals surface area contributed by atoms with Crippen LogP contribution >= 0.6 is 0 Å². The molecule has 100 valence electrons. The van der Waals surface area contributed by atoms with Crippen LogP contribution in [0.15, 0.2) is 48.7 Å². The van der Waals surface area contributed by atoms with E-state index < -0.39 is 5.91 Å². The van der Waals surface area contributed by atoms with Crippen molar-refractivity contribution in [1.29, 1.82) is 0 Å². The van der Waals surface area contributed by atoms with Crippen LogP contribution in [0, 0.1) is 0 Å². The molecule has 2 aromatic carbocycles. The third-order valence-electron chi connectivity index (χ3n) is 3.38. The highest BCUT2D eigenvalue weighted by Gasteiger charge is 2.13. The first-order valence-corrected chi connectivity index (χ1v) is 6.25. The number of benzene rings is 2. The molecule has 1 heterocycles. The summed E-state index contributed by atoms with van der Waals surface area (Å²) in [5.74, 6) is 0.148. The zero-order valence-electron chi connectivity index (χ0n) is 11.0. The molecule has 0 spiro atoms. The fourth-order valence-electron chi connectivity index (χ4n) is 2.41. The number of nitrogens with two attached hydrogens (primary N) is 1. The average molecular weight is 266 g/mol. The number of H-pyrrole nitrogens is 1. The van der Waals surface area contributed by atoms with E-state index in [-0.39, 0.29) is 0 Å². The lowest BCUT2D eigenvalue weighted by Crippen LogP contribution is -2.12. The van der Waals surface area contributed by atoms with Crippen molar-refractivity contribution in [1.82, 2.24) is 4.98 Å². The van der Waals surface area contributed by atoms with Gasteiger partial charge in [0.05, 0.1) is 12.7 Å². The summed E-state index contributed by atoms with van der Waals surface area (Å²) >= 11 is 0. The zero-order valence-corrected chi connectivity index (χ0v) is 11.0. The van der Waals surface area contributed by atoms with Crippen LogP contribution in [0.3, 0.4) is 0 Å². The van der Waals surface area contributed by atoms with Crippen LogP contribution in [-0.4, -0.2) is 18.0 Å². The first-order valence-electron chi connectivity index (χ1n) is 6.25. The smallest absolute Gasteiger partial charge is 0.249 e. The van der Waals surface area contributed by atoms with E-state index in [0.29, 0.717) is 11.3 Å². The maximum atomic E-state index is 11.7. The van der Waals surface area contributed by atoms with Gasteiger partial charge in [0, 0.05) is 17.1 Å². The Morgan fingerprint density at radius 3 is 2.75 bits per heavy atom. The SMILES string of the molecule is COc1ccc(-c2cccc3[nH]ccc23)c(C(N)=O)c1. The van der Waals surface area contributed by atoms with Gasteiger partial charge in [0.25, 0.3) is 0 Å². The van der Waals surface area contributed by atoms with E-state index in [0.717, 1.165) is 22.0 Å². The van der Waals surface area contributed by atoms with E-state index in [4.69, 9.17) is 10.5 Å². The molecule has 1 amide bonds. The van der Waals surface area contributed by atoms with Crippen molar-refractivity contribution in [2.45, 2.75) is 0 Å². The number of aromatic amines is 1. The number of hydrogen-bond acceptors (Lipinski definition) is 2. The Morgan fingerprint density at radius 1 is 1.15 bits per heavy atom. The van der Waals surface area contributed by atoms with Gasteiger partial charge in [0.2, 0.25) is 5.91 Å². The molecule has 3 N–H and O–H groups in total. The van der Waals surface area contributed by atoms with Gasteiger partial charge in [-0.3, -0.25) is 4.79 Å². The van der Waals surface area contributed by atoms with Crippen LogP contribution < -0.4 is 10.5 Å². The molecule has 0 radical (unpaired) electrons. The minimum atomic E-state index is -0.466. The van der Waals surface area contributed by atoms with E-state index >= 15 is 0 Å². The largest absolute Gasteiger partial charge is 0.497 e. The van der Waals surface area contributed by atoms with Gasteiger partial charge in [-0.1, -0.05) is 12.1 Å². The molecule has 0 bridgehead atoms. The standard InChI is InChI=1S/C16H14N2O2/c1-20-10-5-6-12(14(9-10)16(17)19)11-3-2-4-15-13(11)7-8-18-15/h2-9,18H,1H3,(H2,17,19). The zero-order chi connectivity index (χ0) is 14.1. The highest BCUT2D eigenvalue weighted by Crippen LogP contribution is 2.32. The lowest BCUT2D eigenvalue weighted by molar-refractivity contribution is 0.100. The molecule has 0 aliphatic heterocycles. The van der Waals surface area contributed by atoms with Crippen molar-refractivity contribution in [3.63, 3.8) is 0 Å². The molecule has 0 aliphatic carbocycles. The van der Waals surface area contributed by atoms with Crippen molar-refractivity contribution in [3.05, 3.63) is 54.2 Å². The van der Waals surface area contributed by atoms with E-state index in [1.807, 2.05) is 42.6 Å². The minimum Gasteiger partial charge on any atom is -0.497 e. The number of nitrogens with one attached hydrogen (secondary N) is 1. The second kappa shape index (κ2) is 4.74. The fourth-order valence-corrected chi connectivity index (χ4v) is 2.41. The molecule has 0 saturated heterocycles. The quantitative estimate of drug-likeness (QED) is 0.765. The van der Waals surface area contributed by atoms with Crippen molar-refractivity contribution in [2.24, 2.45) is 5.73 Å². The van der Waals surface area contributed by atoms with Gasteiger partial charge >= 0.3 is 0 Å². The third-order valence-corrected chi connectivity index (χ3v) is 3.38. The number of hydrogen-bond donors (Lipinski definition) is 2. The monoisotopic (exact) mass is 266 g/mol. The van der Waals surface area contributed by atoms with Gasteiger partial charge < -0.3 is 15.5 Å². The van der Waals surface area contributed by atoms with Gasteiger partial charge in [-0.05, 0) is 41.5 Å². The Bertz CT molecular complexity index is 790. The number of aromatic nitrogens is 1. The number of methoxy groups -OCH3 is 1. The van der Waals surface area contributed by atoms with Crippen LogP contribution in [-0.2, 0) is 0 Å². The molecule has 20 heavy (non-hydrogen) atoms. The number of ether oxygens (including phenoxy) is 1. The predicted molar refractivity (Wildman–Crippen MR) is 78.8 cm³/mol. The number of carbonyl (C=O) groups is 1. The van der Waals surface area contributed by atoms with Gasteiger partial charge in [-0.15, -0.1) is 0 Å². The summed E-state index contributed by atoms with van der Waals surface area (Å²) in [4.78, 5) is 14.9. The molecule has 0 atom stereocenters.